The predicted molar refractivity (Wildman–Crippen MR) is 82.1 cm³/mol. The number of nitrogens with one attached hydrogen (secondary N) is 2. The first-order chi connectivity index (χ1) is 10.1. The van der Waals surface area contributed by atoms with Gasteiger partial charge in [-0.25, -0.2) is 8.42 Å². The minimum Gasteiger partial charge on any atom is -0.494 e. The summed E-state index contributed by atoms with van der Waals surface area (Å²) >= 11 is 0. The van der Waals surface area contributed by atoms with E-state index in [0.29, 0.717) is 12.4 Å². The van der Waals surface area contributed by atoms with E-state index in [1.165, 1.54) is 17.7 Å². The SMILES string of the molecule is CCOc1ccc(S(=O)(=O)NN/C=C2\CC=CCC2)cc1. The molecule has 6 heteroatoms. The van der Waals surface area contributed by atoms with Gasteiger partial charge < -0.3 is 10.2 Å². The Balaban J connectivity index is 1.96. The van der Waals surface area contributed by atoms with Gasteiger partial charge in [-0.2, -0.15) is 0 Å². The van der Waals surface area contributed by atoms with Crippen molar-refractivity contribution >= 4 is 10.0 Å². The molecule has 0 amide bonds. The fourth-order valence-corrected chi connectivity index (χ4v) is 2.83. The Bertz CT molecular complexity index is 619. The number of allylic oxidation sites excluding steroid dienone is 3. The van der Waals surface area contributed by atoms with Gasteiger partial charge >= 0.3 is 0 Å². The summed E-state index contributed by atoms with van der Waals surface area (Å²) in [6, 6.07) is 6.32. The molecule has 0 aromatic heterocycles. The molecule has 2 rings (SSSR count). The van der Waals surface area contributed by atoms with Gasteiger partial charge in [0.1, 0.15) is 5.75 Å². The number of hydrogen-bond acceptors (Lipinski definition) is 4. The molecule has 114 valence electrons. The monoisotopic (exact) mass is 308 g/mol. The van der Waals surface area contributed by atoms with Gasteiger partial charge in [0.2, 0.25) is 0 Å². The van der Waals surface area contributed by atoms with E-state index in [9.17, 15) is 8.42 Å². The highest BCUT2D eigenvalue weighted by atomic mass is 32.2. The largest absolute Gasteiger partial charge is 0.494 e. The summed E-state index contributed by atoms with van der Waals surface area (Å²) in [5.41, 5.74) is 3.84. The van der Waals surface area contributed by atoms with Crippen LogP contribution in [0.5, 0.6) is 5.75 Å². The van der Waals surface area contributed by atoms with Gasteiger partial charge in [-0.3, -0.25) is 0 Å². The molecule has 0 bridgehead atoms. The fraction of sp³-hybridized carbons (Fsp3) is 0.333. The van der Waals surface area contributed by atoms with Crippen LogP contribution in [-0.2, 0) is 10.0 Å². The van der Waals surface area contributed by atoms with Crippen molar-refractivity contribution in [3.05, 3.63) is 48.2 Å². The molecule has 0 saturated heterocycles. The molecule has 2 N–H and O–H groups in total. The minimum atomic E-state index is -3.57. The van der Waals surface area contributed by atoms with Crippen molar-refractivity contribution in [2.45, 2.75) is 31.1 Å². The van der Waals surface area contributed by atoms with Crippen molar-refractivity contribution in [3.8, 4) is 5.75 Å². The zero-order valence-electron chi connectivity index (χ0n) is 12.0. The van der Waals surface area contributed by atoms with Crippen LogP contribution in [0.2, 0.25) is 0 Å². The summed E-state index contributed by atoms with van der Waals surface area (Å²) in [4.78, 5) is 2.55. The second-order valence-corrected chi connectivity index (χ2v) is 6.35. The molecule has 21 heavy (non-hydrogen) atoms. The van der Waals surface area contributed by atoms with Crippen LogP contribution in [0.3, 0.4) is 0 Å². The van der Waals surface area contributed by atoms with E-state index in [2.05, 4.69) is 22.4 Å². The first-order valence-corrected chi connectivity index (χ1v) is 8.43. The third kappa shape index (κ3) is 4.61. The van der Waals surface area contributed by atoms with Crippen molar-refractivity contribution in [3.63, 3.8) is 0 Å². The van der Waals surface area contributed by atoms with Crippen LogP contribution in [0.25, 0.3) is 0 Å². The van der Waals surface area contributed by atoms with Crippen molar-refractivity contribution in [1.82, 2.24) is 10.3 Å². The van der Waals surface area contributed by atoms with Crippen molar-refractivity contribution in [2.24, 2.45) is 0 Å². The predicted octanol–water partition coefficient (Wildman–Crippen LogP) is 2.49. The summed E-state index contributed by atoms with van der Waals surface area (Å²) in [5.74, 6) is 0.653. The van der Waals surface area contributed by atoms with Gasteiger partial charge in [0.05, 0.1) is 11.5 Å². The summed E-state index contributed by atoms with van der Waals surface area (Å²) in [5, 5.41) is 0. The van der Waals surface area contributed by atoms with Gasteiger partial charge in [0.15, 0.2) is 0 Å². The minimum absolute atomic E-state index is 0.195. The van der Waals surface area contributed by atoms with Gasteiger partial charge in [0.25, 0.3) is 10.0 Å². The Morgan fingerprint density at radius 2 is 2.00 bits per heavy atom. The molecule has 0 radical (unpaired) electrons. The third-order valence-corrected chi connectivity index (χ3v) is 4.37. The summed E-state index contributed by atoms with van der Waals surface area (Å²) < 4.78 is 29.5. The van der Waals surface area contributed by atoms with E-state index >= 15 is 0 Å². The molecule has 0 spiro atoms. The Morgan fingerprint density at radius 1 is 1.24 bits per heavy atom. The standard InChI is InChI=1S/C15H20N2O3S/c1-2-20-14-8-10-15(11-9-14)21(18,19)17-16-12-13-6-4-3-5-7-13/h3-4,8-12,16-17H,2,5-7H2,1H3/b13-12+. The van der Waals surface area contributed by atoms with Crippen LogP contribution < -0.4 is 15.0 Å². The Morgan fingerprint density at radius 3 is 2.62 bits per heavy atom. The maximum atomic E-state index is 12.1. The molecule has 0 fully saturated rings. The number of sulfonamides is 1. The van der Waals surface area contributed by atoms with E-state index in [1.807, 2.05) is 6.92 Å². The summed E-state index contributed by atoms with van der Waals surface area (Å²) in [6.07, 6.45) is 8.74. The highest BCUT2D eigenvalue weighted by Gasteiger charge is 2.13. The van der Waals surface area contributed by atoms with Gasteiger partial charge in [-0.1, -0.05) is 12.2 Å². The van der Waals surface area contributed by atoms with Crippen LogP contribution in [0.4, 0.5) is 0 Å². The summed E-state index contributed by atoms with van der Waals surface area (Å²) in [6.45, 7) is 2.43. The van der Waals surface area contributed by atoms with Crippen molar-refractivity contribution in [2.75, 3.05) is 6.61 Å². The number of hydrazine groups is 1. The van der Waals surface area contributed by atoms with E-state index in [0.717, 1.165) is 19.3 Å². The van der Waals surface area contributed by atoms with Crippen molar-refractivity contribution < 1.29 is 13.2 Å². The van der Waals surface area contributed by atoms with Gasteiger partial charge in [-0.05, 0) is 56.0 Å². The number of rotatable bonds is 6. The first kappa shape index (κ1) is 15.6. The van der Waals surface area contributed by atoms with Crippen LogP contribution in [0.15, 0.2) is 53.1 Å². The molecule has 0 saturated carbocycles. The molecule has 1 aliphatic rings. The maximum Gasteiger partial charge on any atom is 0.257 e. The Labute approximate surface area is 125 Å². The number of hydrogen-bond donors (Lipinski definition) is 2. The second kappa shape index (κ2) is 7.28. The van der Waals surface area contributed by atoms with Gasteiger partial charge in [0, 0.05) is 6.20 Å². The number of ether oxygens (including phenoxy) is 1. The maximum absolute atomic E-state index is 12.1. The summed E-state index contributed by atoms with van der Waals surface area (Å²) in [7, 11) is -3.57. The van der Waals surface area contributed by atoms with Gasteiger partial charge in [-0.15, -0.1) is 4.83 Å². The fourth-order valence-electron chi connectivity index (χ4n) is 2.00. The molecule has 0 atom stereocenters. The van der Waals surface area contributed by atoms with E-state index in [1.54, 1.807) is 18.3 Å². The molecule has 0 unspecified atom stereocenters. The van der Waals surface area contributed by atoms with Crippen LogP contribution in [0.1, 0.15) is 26.2 Å². The zero-order chi connectivity index (χ0) is 15.1. The Hall–Kier alpha value is -1.79. The van der Waals surface area contributed by atoms with Crippen LogP contribution in [0, 0.1) is 0 Å². The van der Waals surface area contributed by atoms with E-state index in [-0.39, 0.29) is 4.90 Å². The lowest BCUT2D eigenvalue weighted by Crippen LogP contribution is -2.33. The zero-order valence-corrected chi connectivity index (χ0v) is 12.8. The number of benzene rings is 1. The van der Waals surface area contributed by atoms with Crippen LogP contribution in [-0.4, -0.2) is 15.0 Å². The molecule has 1 aromatic carbocycles. The van der Waals surface area contributed by atoms with Crippen LogP contribution >= 0.6 is 0 Å². The topological polar surface area (TPSA) is 67.4 Å². The normalized spacial score (nSPS) is 16.9. The quantitative estimate of drug-likeness (QED) is 0.626. The lowest BCUT2D eigenvalue weighted by atomic mass is 10.0. The smallest absolute Gasteiger partial charge is 0.257 e. The lowest BCUT2D eigenvalue weighted by Gasteiger charge is -2.11. The second-order valence-electron chi connectivity index (χ2n) is 4.67. The molecular weight excluding hydrogens is 288 g/mol. The first-order valence-electron chi connectivity index (χ1n) is 6.95. The van der Waals surface area contributed by atoms with E-state index < -0.39 is 10.0 Å². The third-order valence-electron chi connectivity index (χ3n) is 3.09. The molecule has 5 nitrogen and oxygen atoms in total. The lowest BCUT2D eigenvalue weighted by molar-refractivity contribution is 0.340. The highest BCUT2D eigenvalue weighted by molar-refractivity contribution is 7.89. The molecule has 1 aromatic rings. The van der Waals surface area contributed by atoms with Crippen molar-refractivity contribution in [1.29, 1.82) is 0 Å². The molecular formula is C15H20N2O3S. The molecule has 0 heterocycles. The average molecular weight is 308 g/mol. The average Bonchev–Trinajstić information content (AvgIpc) is 2.49. The Kier molecular flexibility index (Phi) is 5.41. The highest BCUT2D eigenvalue weighted by Crippen LogP contribution is 2.17. The molecule has 0 aliphatic heterocycles. The van der Waals surface area contributed by atoms with E-state index in [4.69, 9.17) is 4.74 Å². The molecule has 1 aliphatic carbocycles.